The zero-order valence-electron chi connectivity index (χ0n) is 13.3. The number of aliphatic hydroxyl groups is 1. The van der Waals surface area contributed by atoms with Gasteiger partial charge in [0.2, 0.25) is 0 Å². The highest BCUT2D eigenvalue weighted by atomic mass is 16.5. The Balaban J connectivity index is 2.18. The van der Waals surface area contributed by atoms with Gasteiger partial charge in [-0.2, -0.15) is 0 Å². The smallest absolute Gasteiger partial charge is 0.0900 e. The number of likely N-dealkylation sites (tertiary alicyclic amines) is 1. The predicted molar refractivity (Wildman–Crippen MR) is 81.1 cm³/mol. The Morgan fingerprint density at radius 2 is 2.20 bits per heavy atom. The molecule has 3 unspecified atom stereocenters. The number of piperidine rings is 1. The average Bonchev–Trinajstić information content (AvgIpc) is 2.44. The van der Waals surface area contributed by atoms with E-state index in [-0.39, 0.29) is 6.10 Å². The zero-order valence-corrected chi connectivity index (χ0v) is 13.3. The van der Waals surface area contributed by atoms with Gasteiger partial charge in [0.15, 0.2) is 0 Å². The Labute approximate surface area is 123 Å². The Hall–Kier alpha value is -0.200. The number of methoxy groups -OCH3 is 1. The largest absolute Gasteiger partial charge is 0.389 e. The quantitative estimate of drug-likeness (QED) is 0.624. The summed E-state index contributed by atoms with van der Waals surface area (Å²) in [5.74, 6) is 0. The number of ether oxygens (including phenoxy) is 2. The molecule has 0 aromatic carbocycles. The molecular weight excluding hydrogens is 256 g/mol. The highest BCUT2D eigenvalue weighted by molar-refractivity contribution is 4.79. The third-order valence-electron chi connectivity index (χ3n) is 3.63. The Morgan fingerprint density at radius 1 is 1.40 bits per heavy atom. The number of hydrogen-bond donors (Lipinski definition) is 2. The van der Waals surface area contributed by atoms with Crippen LogP contribution in [-0.4, -0.2) is 74.8 Å². The standard InChI is InChI=1S/C15H32N2O3/c1-4-7-16-14-6-5-8-17(9-14)10-15(18)12-20-13(2)11-19-3/h13-16,18H,4-12H2,1-3H3. The van der Waals surface area contributed by atoms with Crippen LogP contribution in [-0.2, 0) is 9.47 Å². The number of nitrogens with one attached hydrogen (secondary N) is 1. The first-order valence-corrected chi connectivity index (χ1v) is 7.90. The van der Waals surface area contributed by atoms with E-state index in [1.54, 1.807) is 7.11 Å². The molecule has 5 nitrogen and oxygen atoms in total. The van der Waals surface area contributed by atoms with Gasteiger partial charge in [0.25, 0.3) is 0 Å². The van der Waals surface area contributed by atoms with Gasteiger partial charge in [-0.3, -0.25) is 4.90 Å². The molecule has 0 bridgehead atoms. The van der Waals surface area contributed by atoms with Crippen LogP contribution in [0.5, 0.6) is 0 Å². The summed E-state index contributed by atoms with van der Waals surface area (Å²) in [7, 11) is 1.66. The normalized spacial score (nSPS) is 23.7. The molecule has 1 saturated heterocycles. The molecule has 1 rings (SSSR count). The van der Waals surface area contributed by atoms with E-state index in [0.717, 1.165) is 19.6 Å². The van der Waals surface area contributed by atoms with E-state index in [2.05, 4.69) is 17.1 Å². The van der Waals surface area contributed by atoms with E-state index in [1.165, 1.54) is 19.3 Å². The van der Waals surface area contributed by atoms with Crippen molar-refractivity contribution in [2.24, 2.45) is 0 Å². The summed E-state index contributed by atoms with van der Waals surface area (Å²) in [4.78, 5) is 2.34. The molecule has 0 amide bonds. The van der Waals surface area contributed by atoms with Crippen molar-refractivity contribution in [2.75, 3.05) is 46.5 Å². The predicted octanol–water partition coefficient (Wildman–Crippen LogP) is 0.863. The van der Waals surface area contributed by atoms with Crippen LogP contribution in [0.25, 0.3) is 0 Å². The van der Waals surface area contributed by atoms with Crippen LogP contribution >= 0.6 is 0 Å². The number of rotatable bonds is 10. The molecule has 0 radical (unpaired) electrons. The summed E-state index contributed by atoms with van der Waals surface area (Å²) in [6, 6.07) is 0.573. The van der Waals surface area contributed by atoms with Crippen molar-refractivity contribution in [3.63, 3.8) is 0 Å². The molecule has 1 heterocycles. The lowest BCUT2D eigenvalue weighted by Crippen LogP contribution is -2.48. The SMILES string of the molecule is CCCNC1CCCN(CC(O)COC(C)COC)C1. The number of hydrogen-bond acceptors (Lipinski definition) is 5. The van der Waals surface area contributed by atoms with Gasteiger partial charge in [0, 0.05) is 26.2 Å². The van der Waals surface area contributed by atoms with Crippen molar-refractivity contribution in [3.05, 3.63) is 0 Å². The number of nitrogens with zero attached hydrogens (tertiary/aromatic N) is 1. The van der Waals surface area contributed by atoms with Gasteiger partial charge in [-0.15, -0.1) is 0 Å². The summed E-state index contributed by atoms with van der Waals surface area (Å²) in [6.45, 7) is 8.99. The molecule has 20 heavy (non-hydrogen) atoms. The van der Waals surface area contributed by atoms with Crippen molar-refractivity contribution < 1.29 is 14.6 Å². The Kier molecular flexibility index (Phi) is 9.39. The Morgan fingerprint density at radius 3 is 2.90 bits per heavy atom. The van der Waals surface area contributed by atoms with E-state index >= 15 is 0 Å². The van der Waals surface area contributed by atoms with Crippen LogP contribution in [0.1, 0.15) is 33.1 Å². The summed E-state index contributed by atoms with van der Waals surface area (Å²) >= 11 is 0. The fraction of sp³-hybridized carbons (Fsp3) is 1.00. The highest BCUT2D eigenvalue weighted by Gasteiger charge is 2.21. The first-order valence-electron chi connectivity index (χ1n) is 7.90. The molecule has 5 heteroatoms. The molecule has 0 aromatic heterocycles. The van der Waals surface area contributed by atoms with Gasteiger partial charge < -0.3 is 19.9 Å². The first kappa shape index (κ1) is 17.9. The summed E-state index contributed by atoms with van der Waals surface area (Å²) in [6.07, 6.45) is 3.24. The van der Waals surface area contributed by atoms with Crippen molar-refractivity contribution in [2.45, 2.75) is 51.4 Å². The van der Waals surface area contributed by atoms with Crippen molar-refractivity contribution >= 4 is 0 Å². The fourth-order valence-electron chi connectivity index (χ4n) is 2.65. The average molecular weight is 288 g/mol. The van der Waals surface area contributed by atoms with Gasteiger partial charge >= 0.3 is 0 Å². The Bertz CT molecular complexity index is 241. The van der Waals surface area contributed by atoms with Gasteiger partial charge in [-0.05, 0) is 39.3 Å². The maximum absolute atomic E-state index is 10.1. The second-order valence-corrected chi connectivity index (χ2v) is 5.81. The van der Waals surface area contributed by atoms with Gasteiger partial charge in [-0.1, -0.05) is 6.92 Å². The first-order chi connectivity index (χ1) is 9.65. The molecule has 120 valence electrons. The molecule has 0 spiro atoms. The maximum atomic E-state index is 10.1. The minimum atomic E-state index is -0.417. The molecule has 1 aliphatic heterocycles. The van der Waals surface area contributed by atoms with E-state index in [1.807, 2.05) is 6.92 Å². The molecule has 0 aliphatic carbocycles. The fourth-order valence-corrected chi connectivity index (χ4v) is 2.65. The van der Waals surface area contributed by atoms with Gasteiger partial charge in [0.05, 0.1) is 25.4 Å². The second kappa shape index (κ2) is 10.5. The molecule has 0 saturated carbocycles. The van der Waals surface area contributed by atoms with E-state index in [4.69, 9.17) is 9.47 Å². The molecular formula is C15H32N2O3. The summed E-state index contributed by atoms with van der Waals surface area (Å²) in [5.41, 5.74) is 0. The van der Waals surface area contributed by atoms with Crippen LogP contribution in [0.3, 0.4) is 0 Å². The van der Waals surface area contributed by atoms with E-state index in [9.17, 15) is 5.11 Å². The lowest BCUT2D eigenvalue weighted by molar-refractivity contribution is -0.0415. The van der Waals surface area contributed by atoms with Gasteiger partial charge in [-0.25, -0.2) is 0 Å². The number of aliphatic hydroxyl groups excluding tert-OH is 1. The van der Waals surface area contributed by atoms with Crippen molar-refractivity contribution in [1.29, 1.82) is 0 Å². The van der Waals surface area contributed by atoms with Crippen LogP contribution in [0, 0.1) is 0 Å². The molecule has 3 atom stereocenters. The topological polar surface area (TPSA) is 54.0 Å². The van der Waals surface area contributed by atoms with Crippen LogP contribution in [0.4, 0.5) is 0 Å². The summed E-state index contributed by atoms with van der Waals surface area (Å²) < 4.78 is 10.6. The van der Waals surface area contributed by atoms with E-state index in [0.29, 0.717) is 25.8 Å². The monoisotopic (exact) mass is 288 g/mol. The highest BCUT2D eigenvalue weighted by Crippen LogP contribution is 2.10. The van der Waals surface area contributed by atoms with Crippen LogP contribution in [0.15, 0.2) is 0 Å². The number of β-amino-alcohol motifs (C(OH)–C–C–N with tert-alkyl or cyclic N) is 1. The second-order valence-electron chi connectivity index (χ2n) is 5.81. The zero-order chi connectivity index (χ0) is 14.8. The van der Waals surface area contributed by atoms with Crippen LogP contribution < -0.4 is 5.32 Å². The maximum Gasteiger partial charge on any atom is 0.0900 e. The van der Waals surface area contributed by atoms with Crippen molar-refractivity contribution in [3.8, 4) is 0 Å². The lowest BCUT2D eigenvalue weighted by Gasteiger charge is -2.34. The molecule has 0 aromatic rings. The third-order valence-corrected chi connectivity index (χ3v) is 3.63. The third kappa shape index (κ3) is 7.55. The molecule has 1 fully saturated rings. The molecule has 2 N–H and O–H groups in total. The molecule has 1 aliphatic rings. The van der Waals surface area contributed by atoms with Crippen LogP contribution in [0.2, 0.25) is 0 Å². The van der Waals surface area contributed by atoms with E-state index < -0.39 is 6.10 Å². The lowest BCUT2D eigenvalue weighted by atomic mass is 10.1. The van der Waals surface area contributed by atoms with Crippen molar-refractivity contribution in [1.82, 2.24) is 10.2 Å². The summed E-state index contributed by atoms with van der Waals surface area (Å²) in [5, 5.41) is 13.6. The van der Waals surface area contributed by atoms with Gasteiger partial charge in [0.1, 0.15) is 0 Å². The minimum absolute atomic E-state index is 0.0370. The minimum Gasteiger partial charge on any atom is -0.389 e.